The molecule has 0 unspecified atom stereocenters. The third kappa shape index (κ3) is 5.06. The van der Waals surface area contributed by atoms with Crippen LogP contribution in [0.5, 0.6) is 0 Å². The highest BCUT2D eigenvalue weighted by molar-refractivity contribution is 7.89. The molecule has 1 atom stereocenters. The molecular weight excluding hydrogens is 400 g/mol. The number of hydrogen-bond acceptors (Lipinski definition) is 8. The van der Waals surface area contributed by atoms with Crippen LogP contribution < -0.4 is 16.2 Å². The lowest BCUT2D eigenvalue weighted by molar-refractivity contribution is -0.120. The molecule has 2 heterocycles. The molecule has 152 valence electrons. The molecule has 0 bridgehead atoms. The molecular formula is C17H18N6O5S. The number of carbonyl (C=O) groups excluding carboxylic acids is 2. The third-order valence-electron chi connectivity index (χ3n) is 3.90. The molecule has 3 aromatic rings. The summed E-state index contributed by atoms with van der Waals surface area (Å²) in [5, 5.41) is 2.49. The Kier molecular flexibility index (Phi) is 5.75. The van der Waals surface area contributed by atoms with Gasteiger partial charge in [0.15, 0.2) is 5.69 Å². The fraction of sp³-hybridized carbons (Fsp3) is 0.176. The highest BCUT2D eigenvalue weighted by Crippen LogP contribution is 2.11. The van der Waals surface area contributed by atoms with Gasteiger partial charge in [0.25, 0.3) is 26.9 Å². The molecule has 0 spiro atoms. The standard InChI is InChI=1S/C17H18N6O5S/c18-13(6-12-9-23(10-20-12)8-11-4-2-1-3-5-11)17(25)22-29(26,27)15-7-14(16(19)24)21-28-15/h1-5,7,9-10,13H,6,8,18H2,(H2,19,24)(H,22,25)/t13-/m0/s1. The molecule has 29 heavy (non-hydrogen) atoms. The van der Waals surface area contributed by atoms with Crippen molar-refractivity contribution < 1.29 is 22.5 Å². The SMILES string of the molecule is NC(=O)c1cc(S(=O)(=O)NC(=O)[C@@H](N)Cc2cn(Cc3ccccc3)cn2)on1. The molecule has 2 aromatic heterocycles. The average Bonchev–Trinajstić information content (AvgIpc) is 3.32. The van der Waals surface area contributed by atoms with Gasteiger partial charge >= 0.3 is 0 Å². The van der Waals surface area contributed by atoms with Gasteiger partial charge in [0.2, 0.25) is 0 Å². The number of sulfonamides is 1. The van der Waals surface area contributed by atoms with Gasteiger partial charge in [-0.15, -0.1) is 0 Å². The number of primary amides is 1. The molecule has 0 radical (unpaired) electrons. The van der Waals surface area contributed by atoms with Crippen molar-refractivity contribution in [3.63, 3.8) is 0 Å². The maximum atomic E-state index is 12.2. The molecule has 0 saturated heterocycles. The van der Waals surface area contributed by atoms with Crippen LogP contribution in [0, 0.1) is 0 Å². The van der Waals surface area contributed by atoms with Crippen LogP contribution in [0.2, 0.25) is 0 Å². The highest BCUT2D eigenvalue weighted by atomic mass is 32.2. The largest absolute Gasteiger partial charge is 0.364 e. The summed E-state index contributed by atoms with van der Waals surface area (Å²) in [6, 6.07) is 9.34. The molecule has 0 aliphatic carbocycles. The van der Waals surface area contributed by atoms with Crippen molar-refractivity contribution in [3.05, 3.63) is 65.9 Å². The van der Waals surface area contributed by atoms with Gasteiger partial charge in [0, 0.05) is 25.2 Å². The zero-order valence-corrected chi connectivity index (χ0v) is 15.9. The van der Waals surface area contributed by atoms with Gasteiger partial charge in [-0.05, 0) is 5.56 Å². The van der Waals surface area contributed by atoms with Crippen LogP contribution in [-0.4, -0.2) is 41.0 Å². The van der Waals surface area contributed by atoms with E-state index >= 15 is 0 Å². The minimum absolute atomic E-state index is 0.0199. The van der Waals surface area contributed by atoms with E-state index in [0.717, 1.165) is 11.6 Å². The van der Waals surface area contributed by atoms with Crippen LogP contribution in [0.25, 0.3) is 0 Å². The Labute approximate surface area is 165 Å². The maximum absolute atomic E-state index is 12.2. The second kappa shape index (κ2) is 8.24. The number of imidazole rings is 1. The van der Waals surface area contributed by atoms with E-state index in [1.54, 1.807) is 17.2 Å². The van der Waals surface area contributed by atoms with E-state index in [0.29, 0.717) is 12.2 Å². The molecule has 5 N–H and O–H groups in total. The van der Waals surface area contributed by atoms with Crippen LogP contribution in [0.4, 0.5) is 0 Å². The molecule has 0 aliphatic rings. The van der Waals surface area contributed by atoms with E-state index < -0.39 is 33.0 Å². The third-order valence-corrected chi connectivity index (χ3v) is 5.09. The van der Waals surface area contributed by atoms with Crippen molar-refractivity contribution in [2.24, 2.45) is 11.5 Å². The fourth-order valence-corrected chi connectivity index (χ4v) is 3.39. The number of benzene rings is 1. The molecule has 0 aliphatic heterocycles. The van der Waals surface area contributed by atoms with Crippen molar-refractivity contribution in [3.8, 4) is 0 Å². The Bertz CT molecular complexity index is 1120. The topological polar surface area (TPSA) is 176 Å². The quantitative estimate of drug-likeness (QED) is 0.434. The zero-order chi connectivity index (χ0) is 21.0. The van der Waals surface area contributed by atoms with E-state index in [1.165, 1.54) is 0 Å². The van der Waals surface area contributed by atoms with Crippen LogP contribution in [0.15, 0.2) is 58.5 Å². The minimum atomic E-state index is -4.39. The van der Waals surface area contributed by atoms with Gasteiger partial charge in [0.1, 0.15) is 0 Å². The Morgan fingerprint density at radius 2 is 1.97 bits per heavy atom. The lowest BCUT2D eigenvalue weighted by Crippen LogP contribution is -2.44. The van der Waals surface area contributed by atoms with Crippen molar-refractivity contribution in [2.45, 2.75) is 24.1 Å². The van der Waals surface area contributed by atoms with Crippen molar-refractivity contribution >= 4 is 21.8 Å². The van der Waals surface area contributed by atoms with Crippen LogP contribution in [-0.2, 0) is 27.8 Å². The molecule has 11 nitrogen and oxygen atoms in total. The van der Waals surface area contributed by atoms with Gasteiger partial charge in [-0.25, -0.2) is 9.71 Å². The maximum Gasteiger partial charge on any atom is 0.300 e. The van der Waals surface area contributed by atoms with E-state index in [-0.39, 0.29) is 12.1 Å². The van der Waals surface area contributed by atoms with Gasteiger partial charge in [-0.3, -0.25) is 9.59 Å². The van der Waals surface area contributed by atoms with Crippen LogP contribution >= 0.6 is 0 Å². The Balaban J connectivity index is 1.61. The highest BCUT2D eigenvalue weighted by Gasteiger charge is 2.27. The molecule has 0 fully saturated rings. The normalized spacial score (nSPS) is 12.4. The number of nitrogens with zero attached hydrogens (tertiary/aromatic N) is 3. The molecule has 3 rings (SSSR count). The zero-order valence-electron chi connectivity index (χ0n) is 15.1. The smallest absolute Gasteiger partial charge is 0.300 e. The van der Waals surface area contributed by atoms with Crippen molar-refractivity contribution in [1.82, 2.24) is 19.4 Å². The van der Waals surface area contributed by atoms with E-state index in [9.17, 15) is 18.0 Å². The monoisotopic (exact) mass is 418 g/mol. The van der Waals surface area contributed by atoms with E-state index in [2.05, 4.69) is 14.7 Å². The van der Waals surface area contributed by atoms with E-state index in [4.69, 9.17) is 11.5 Å². The predicted molar refractivity (Wildman–Crippen MR) is 99.8 cm³/mol. The Morgan fingerprint density at radius 1 is 1.24 bits per heavy atom. The predicted octanol–water partition coefficient (Wildman–Crippen LogP) is -0.607. The number of nitrogens with one attached hydrogen (secondary N) is 1. The average molecular weight is 418 g/mol. The summed E-state index contributed by atoms with van der Waals surface area (Å²) >= 11 is 0. The van der Waals surface area contributed by atoms with Gasteiger partial charge < -0.3 is 20.6 Å². The summed E-state index contributed by atoms with van der Waals surface area (Å²) in [6.07, 6.45) is 3.35. The van der Waals surface area contributed by atoms with Crippen LogP contribution in [0.1, 0.15) is 21.7 Å². The first-order chi connectivity index (χ1) is 13.7. The summed E-state index contributed by atoms with van der Waals surface area (Å²) in [5.74, 6) is -1.93. The van der Waals surface area contributed by atoms with Crippen LogP contribution in [0.3, 0.4) is 0 Å². The fourth-order valence-electron chi connectivity index (χ4n) is 2.47. The number of aromatic nitrogens is 3. The van der Waals surface area contributed by atoms with Gasteiger partial charge in [-0.1, -0.05) is 35.5 Å². The lowest BCUT2D eigenvalue weighted by atomic mass is 10.2. The number of nitrogens with two attached hydrogens (primary N) is 2. The summed E-state index contributed by atoms with van der Waals surface area (Å²) in [7, 11) is -4.39. The molecule has 1 aromatic carbocycles. The molecule has 12 heteroatoms. The number of rotatable bonds is 8. The summed E-state index contributed by atoms with van der Waals surface area (Å²) < 4.78 is 32.4. The first-order valence-electron chi connectivity index (χ1n) is 8.38. The summed E-state index contributed by atoms with van der Waals surface area (Å²) in [4.78, 5) is 27.3. The second-order valence-electron chi connectivity index (χ2n) is 6.20. The second-order valence-corrected chi connectivity index (χ2v) is 7.81. The van der Waals surface area contributed by atoms with Crippen molar-refractivity contribution in [2.75, 3.05) is 0 Å². The Morgan fingerprint density at radius 3 is 2.62 bits per heavy atom. The number of carbonyl (C=O) groups is 2. The minimum Gasteiger partial charge on any atom is -0.364 e. The number of hydrogen-bond donors (Lipinski definition) is 3. The first kappa shape index (κ1) is 20.2. The summed E-state index contributed by atoms with van der Waals surface area (Å²) in [5.41, 5.74) is 12.0. The van der Waals surface area contributed by atoms with Crippen molar-refractivity contribution in [1.29, 1.82) is 0 Å². The van der Waals surface area contributed by atoms with Gasteiger partial charge in [0.05, 0.1) is 18.1 Å². The summed E-state index contributed by atoms with van der Waals surface area (Å²) in [6.45, 7) is 0.595. The first-order valence-corrected chi connectivity index (χ1v) is 9.86. The Hall–Kier alpha value is -3.51. The lowest BCUT2D eigenvalue weighted by Gasteiger charge is -2.10. The molecule has 2 amide bonds. The molecule has 0 saturated carbocycles. The van der Waals surface area contributed by atoms with Gasteiger partial charge in [-0.2, -0.15) is 8.42 Å². The van der Waals surface area contributed by atoms with E-state index in [1.807, 2.05) is 34.9 Å². The number of amides is 2.